The Bertz CT molecular complexity index is 917. The molecule has 0 unspecified atom stereocenters. The zero-order valence-electron chi connectivity index (χ0n) is 13.6. The van der Waals surface area contributed by atoms with Crippen LogP contribution in [0.4, 0.5) is 0 Å². The Morgan fingerprint density at radius 2 is 2.04 bits per heavy atom. The molecule has 1 N–H and O–H groups in total. The van der Waals surface area contributed by atoms with Crippen LogP contribution >= 0.6 is 28.1 Å². The molecular formula is C18H15BrN2O3S. The van der Waals surface area contributed by atoms with E-state index in [4.69, 9.17) is 16.6 Å². The summed E-state index contributed by atoms with van der Waals surface area (Å²) in [5, 5.41) is 2.64. The van der Waals surface area contributed by atoms with Crippen LogP contribution in [0.1, 0.15) is 18.2 Å². The van der Waals surface area contributed by atoms with E-state index >= 15 is 0 Å². The number of rotatable bonds is 3. The molecule has 2 amide bonds. The smallest absolute Gasteiger partial charge is 0.265 e. The number of nitrogens with zero attached hydrogens (tertiary/aromatic N) is 1. The number of carbonyl (C=O) groups is 2. The number of thiocarbonyl (C=S) groups is 1. The van der Waals surface area contributed by atoms with Crippen LogP contribution in [0, 0.1) is 6.92 Å². The molecule has 25 heavy (non-hydrogen) atoms. The lowest BCUT2D eigenvalue weighted by atomic mass is 10.1. The number of likely N-dealkylation sites (N-methyl/N-ethyl adjacent to an activating group) is 1. The van der Waals surface area contributed by atoms with Gasteiger partial charge >= 0.3 is 0 Å². The van der Waals surface area contributed by atoms with Gasteiger partial charge in [0.2, 0.25) is 0 Å². The van der Waals surface area contributed by atoms with E-state index in [9.17, 15) is 9.59 Å². The van der Waals surface area contributed by atoms with Crippen LogP contribution in [0.25, 0.3) is 17.4 Å². The van der Waals surface area contributed by atoms with E-state index in [0.29, 0.717) is 18.1 Å². The van der Waals surface area contributed by atoms with Crippen molar-refractivity contribution < 1.29 is 14.0 Å². The number of hydrogen-bond donors (Lipinski definition) is 1. The summed E-state index contributed by atoms with van der Waals surface area (Å²) in [7, 11) is 0. The zero-order chi connectivity index (χ0) is 18.1. The lowest BCUT2D eigenvalue weighted by Crippen LogP contribution is -2.53. The van der Waals surface area contributed by atoms with Crippen molar-refractivity contribution in [3.05, 3.63) is 51.7 Å². The minimum atomic E-state index is -0.519. The number of halogens is 1. The fourth-order valence-electron chi connectivity index (χ4n) is 2.52. The summed E-state index contributed by atoms with van der Waals surface area (Å²) in [5.74, 6) is 0.120. The Morgan fingerprint density at radius 3 is 2.72 bits per heavy atom. The van der Waals surface area contributed by atoms with Gasteiger partial charge in [0, 0.05) is 16.6 Å². The molecule has 0 spiro atoms. The molecule has 2 heterocycles. The molecule has 1 aromatic heterocycles. The molecule has 0 aliphatic carbocycles. The molecule has 0 bridgehead atoms. The fourth-order valence-corrected chi connectivity index (χ4v) is 3.51. The van der Waals surface area contributed by atoms with Gasteiger partial charge in [-0.1, -0.05) is 22.0 Å². The van der Waals surface area contributed by atoms with Crippen LogP contribution in [0.2, 0.25) is 0 Å². The third-order valence-corrected chi connectivity index (χ3v) is 4.78. The predicted octanol–water partition coefficient (Wildman–Crippen LogP) is 3.66. The highest BCUT2D eigenvalue weighted by atomic mass is 79.9. The van der Waals surface area contributed by atoms with E-state index < -0.39 is 11.8 Å². The maximum absolute atomic E-state index is 12.4. The molecule has 1 aromatic carbocycles. The molecule has 0 saturated carbocycles. The summed E-state index contributed by atoms with van der Waals surface area (Å²) in [6, 6.07) is 9.45. The summed E-state index contributed by atoms with van der Waals surface area (Å²) < 4.78 is 6.71. The van der Waals surface area contributed by atoms with Crippen molar-refractivity contribution in [1.29, 1.82) is 0 Å². The first-order valence-corrected chi connectivity index (χ1v) is 8.86. The highest BCUT2D eigenvalue weighted by Gasteiger charge is 2.32. The molecule has 1 aliphatic rings. The van der Waals surface area contributed by atoms with Crippen LogP contribution in [0.3, 0.4) is 0 Å². The third kappa shape index (κ3) is 3.43. The molecule has 1 aliphatic heterocycles. The summed E-state index contributed by atoms with van der Waals surface area (Å²) in [6.07, 6.45) is 1.44. The zero-order valence-corrected chi connectivity index (χ0v) is 16.0. The van der Waals surface area contributed by atoms with Gasteiger partial charge in [-0.2, -0.15) is 0 Å². The van der Waals surface area contributed by atoms with Gasteiger partial charge < -0.3 is 4.42 Å². The molecule has 3 rings (SSSR count). The quantitative estimate of drug-likeness (QED) is 0.469. The van der Waals surface area contributed by atoms with Gasteiger partial charge in [-0.15, -0.1) is 0 Å². The maximum Gasteiger partial charge on any atom is 0.265 e. The largest absolute Gasteiger partial charge is 0.457 e. The van der Waals surface area contributed by atoms with Crippen molar-refractivity contribution in [2.24, 2.45) is 0 Å². The topological polar surface area (TPSA) is 62.6 Å². The van der Waals surface area contributed by atoms with Crippen molar-refractivity contribution in [3.8, 4) is 11.3 Å². The van der Waals surface area contributed by atoms with Gasteiger partial charge in [-0.3, -0.25) is 19.8 Å². The van der Waals surface area contributed by atoms with Gasteiger partial charge in [0.25, 0.3) is 11.8 Å². The molecule has 2 aromatic rings. The summed E-state index contributed by atoms with van der Waals surface area (Å²) in [4.78, 5) is 25.8. The fraction of sp³-hybridized carbons (Fsp3) is 0.167. The van der Waals surface area contributed by atoms with Crippen molar-refractivity contribution in [2.75, 3.05) is 6.54 Å². The van der Waals surface area contributed by atoms with E-state index in [-0.39, 0.29) is 10.7 Å². The van der Waals surface area contributed by atoms with E-state index in [2.05, 4.69) is 21.2 Å². The number of amides is 2. The second kappa shape index (κ2) is 6.93. The number of carbonyl (C=O) groups excluding carboxylic acids is 2. The molecule has 1 fully saturated rings. The lowest BCUT2D eigenvalue weighted by molar-refractivity contribution is -0.128. The Hall–Kier alpha value is -2.25. The summed E-state index contributed by atoms with van der Waals surface area (Å²) >= 11 is 8.53. The maximum atomic E-state index is 12.4. The highest BCUT2D eigenvalue weighted by molar-refractivity contribution is 9.10. The van der Waals surface area contributed by atoms with E-state index in [1.807, 2.05) is 25.1 Å². The van der Waals surface area contributed by atoms with Gasteiger partial charge in [0.1, 0.15) is 17.1 Å². The first-order chi connectivity index (χ1) is 11.9. The molecule has 7 heteroatoms. The third-order valence-electron chi connectivity index (χ3n) is 3.81. The Balaban J connectivity index is 1.94. The molecular weight excluding hydrogens is 404 g/mol. The van der Waals surface area contributed by atoms with E-state index in [1.165, 1.54) is 11.0 Å². The Kier molecular flexibility index (Phi) is 4.87. The van der Waals surface area contributed by atoms with Gasteiger partial charge in [0.15, 0.2) is 5.11 Å². The minimum Gasteiger partial charge on any atom is -0.457 e. The summed E-state index contributed by atoms with van der Waals surface area (Å²) in [6.45, 7) is 4.18. The number of hydrogen-bond acceptors (Lipinski definition) is 4. The molecule has 0 radical (unpaired) electrons. The van der Waals surface area contributed by atoms with Crippen LogP contribution < -0.4 is 5.32 Å². The highest BCUT2D eigenvalue weighted by Crippen LogP contribution is 2.31. The van der Waals surface area contributed by atoms with Crippen LogP contribution in [0.15, 0.2) is 44.8 Å². The predicted molar refractivity (Wildman–Crippen MR) is 103 cm³/mol. The normalized spacial score (nSPS) is 16.5. The molecule has 5 nitrogen and oxygen atoms in total. The van der Waals surface area contributed by atoms with Gasteiger partial charge in [0.05, 0.1) is 0 Å². The average molecular weight is 419 g/mol. The minimum absolute atomic E-state index is 0.000628. The van der Waals surface area contributed by atoms with Crippen molar-refractivity contribution in [1.82, 2.24) is 10.2 Å². The van der Waals surface area contributed by atoms with Crippen LogP contribution in [0.5, 0.6) is 0 Å². The number of aryl methyl sites for hydroxylation is 1. The molecule has 0 atom stereocenters. The monoisotopic (exact) mass is 418 g/mol. The number of furan rings is 1. The Labute approximate surface area is 158 Å². The molecule has 1 saturated heterocycles. The van der Waals surface area contributed by atoms with Crippen molar-refractivity contribution in [2.45, 2.75) is 13.8 Å². The van der Waals surface area contributed by atoms with E-state index in [0.717, 1.165) is 15.6 Å². The number of nitrogens with one attached hydrogen (secondary N) is 1. The number of benzene rings is 1. The van der Waals surface area contributed by atoms with Gasteiger partial charge in [-0.05, 0) is 62.0 Å². The van der Waals surface area contributed by atoms with Crippen molar-refractivity contribution >= 4 is 51.2 Å². The first-order valence-electron chi connectivity index (χ1n) is 7.66. The lowest BCUT2D eigenvalue weighted by Gasteiger charge is -2.27. The Morgan fingerprint density at radius 1 is 1.28 bits per heavy atom. The summed E-state index contributed by atoms with van der Waals surface area (Å²) in [5.41, 5.74) is 2.02. The van der Waals surface area contributed by atoms with Crippen molar-refractivity contribution in [3.63, 3.8) is 0 Å². The second-order valence-electron chi connectivity index (χ2n) is 5.55. The second-order valence-corrected chi connectivity index (χ2v) is 6.79. The first kappa shape index (κ1) is 17.6. The molecule has 128 valence electrons. The van der Waals surface area contributed by atoms with Crippen LogP contribution in [-0.4, -0.2) is 28.4 Å². The average Bonchev–Trinajstić information content (AvgIpc) is 3.00. The van der Waals surface area contributed by atoms with Gasteiger partial charge in [-0.25, -0.2) is 0 Å². The van der Waals surface area contributed by atoms with Crippen LogP contribution in [-0.2, 0) is 9.59 Å². The standard InChI is InChI=1S/C18H15BrN2O3S/c1-3-21-17(23)13(16(22)20-18(21)25)9-11-5-7-15(24-11)12-6-4-10(2)8-14(12)19/h4-9H,3H2,1-2H3,(H,20,22,25)/b13-9-. The SMILES string of the molecule is CCN1C(=O)/C(=C\c2ccc(-c3ccc(C)cc3Br)o2)C(=O)NC1=S. The van der Waals surface area contributed by atoms with E-state index in [1.54, 1.807) is 19.1 Å².